The van der Waals surface area contributed by atoms with Crippen molar-refractivity contribution in [2.45, 2.75) is 49.7 Å². The summed E-state index contributed by atoms with van der Waals surface area (Å²) in [5.41, 5.74) is 1.98. The van der Waals surface area contributed by atoms with E-state index in [2.05, 4.69) is 21.6 Å². The summed E-state index contributed by atoms with van der Waals surface area (Å²) in [4.78, 5) is 15.5. The fourth-order valence-electron chi connectivity index (χ4n) is 5.60. The summed E-state index contributed by atoms with van der Waals surface area (Å²) in [6.45, 7) is 5.39. The Balaban J connectivity index is 0.00000107. The predicted molar refractivity (Wildman–Crippen MR) is 146 cm³/mol. The van der Waals surface area contributed by atoms with Crippen LogP contribution in [0.5, 0.6) is 11.5 Å². The van der Waals surface area contributed by atoms with Crippen molar-refractivity contribution in [1.29, 1.82) is 0 Å². The number of hydrogen-bond acceptors (Lipinski definition) is 7. The Hall–Kier alpha value is -2.75. The maximum atomic E-state index is 15.5. The monoisotopic (exact) mass is 528 g/mol. The van der Waals surface area contributed by atoms with Crippen molar-refractivity contribution in [1.82, 2.24) is 20.5 Å². The van der Waals surface area contributed by atoms with Crippen LogP contribution in [-0.4, -0.2) is 86.7 Å². The van der Waals surface area contributed by atoms with E-state index in [1.807, 2.05) is 30.5 Å². The molecule has 3 N–H and O–H groups in total. The first kappa shape index (κ1) is 28.3. The number of alkyl halides is 1. The Morgan fingerprint density at radius 2 is 1.82 bits per heavy atom. The van der Waals surface area contributed by atoms with E-state index in [0.29, 0.717) is 31.3 Å². The molecule has 1 aromatic carbocycles. The lowest BCUT2D eigenvalue weighted by Crippen LogP contribution is -2.49. The molecule has 0 radical (unpaired) electrons. The van der Waals surface area contributed by atoms with Crippen LogP contribution in [0.1, 0.15) is 43.6 Å². The van der Waals surface area contributed by atoms with E-state index in [4.69, 9.17) is 24.4 Å². The highest BCUT2D eigenvalue weighted by Gasteiger charge is 2.42. The zero-order valence-corrected chi connectivity index (χ0v) is 22.5. The number of halogens is 1. The maximum Gasteiger partial charge on any atom is 0.290 e. The minimum Gasteiger partial charge on any atom is -0.497 e. The van der Waals surface area contributed by atoms with Crippen molar-refractivity contribution in [2.24, 2.45) is 5.92 Å². The number of aromatic nitrogens is 1. The average Bonchev–Trinajstić information content (AvgIpc) is 3.74. The van der Waals surface area contributed by atoms with Gasteiger partial charge in [-0.25, -0.2) is 4.39 Å². The van der Waals surface area contributed by atoms with Gasteiger partial charge < -0.3 is 30.1 Å². The molecular formula is C29H41FN4O4. The highest BCUT2D eigenvalue weighted by Crippen LogP contribution is 2.42. The van der Waals surface area contributed by atoms with Gasteiger partial charge in [0, 0.05) is 56.0 Å². The minimum atomic E-state index is -1.08. The quantitative estimate of drug-likeness (QED) is 0.424. The molecule has 2 aromatic rings. The van der Waals surface area contributed by atoms with Gasteiger partial charge in [0.1, 0.15) is 17.2 Å². The molecule has 0 bridgehead atoms. The van der Waals surface area contributed by atoms with Crippen LogP contribution in [0.4, 0.5) is 4.39 Å². The number of nitrogens with one attached hydrogen (secondary N) is 2. The van der Waals surface area contributed by atoms with Crippen LogP contribution in [0.15, 0.2) is 36.5 Å². The highest BCUT2D eigenvalue weighted by molar-refractivity contribution is 5.64. The zero-order chi connectivity index (χ0) is 27.0. The molecule has 8 nitrogen and oxygen atoms in total. The van der Waals surface area contributed by atoms with Gasteiger partial charge in [-0.2, -0.15) is 0 Å². The maximum absolute atomic E-state index is 15.5. The van der Waals surface area contributed by atoms with Crippen LogP contribution in [0.3, 0.4) is 0 Å². The van der Waals surface area contributed by atoms with Gasteiger partial charge in [0.15, 0.2) is 0 Å². The predicted octanol–water partition coefficient (Wildman–Crippen LogP) is 3.72. The van der Waals surface area contributed by atoms with Gasteiger partial charge >= 0.3 is 0 Å². The topological polar surface area (TPSA) is 96.0 Å². The number of nitrogens with zero attached hydrogens (tertiary/aromatic N) is 2. The summed E-state index contributed by atoms with van der Waals surface area (Å²) in [6, 6.07) is 10.3. The van der Waals surface area contributed by atoms with E-state index in [9.17, 15) is 0 Å². The lowest BCUT2D eigenvalue weighted by molar-refractivity contribution is -0.122. The van der Waals surface area contributed by atoms with Gasteiger partial charge in [0.2, 0.25) is 0 Å². The summed E-state index contributed by atoms with van der Waals surface area (Å²) in [5, 5.41) is 13.8. The number of ether oxygens (including phenoxy) is 2. The molecule has 9 heteroatoms. The van der Waals surface area contributed by atoms with Crippen molar-refractivity contribution in [3.05, 3.63) is 42.1 Å². The summed E-state index contributed by atoms with van der Waals surface area (Å²) < 4.78 is 26.2. The smallest absolute Gasteiger partial charge is 0.290 e. The Morgan fingerprint density at radius 3 is 2.39 bits per heavy atom. The van der Waals surface area contributed by atoms with Crippen molar-refractivity contribution < 1.29 is 23.8 Å². The van der Waals surface area contributed by atoms with Crippen LogP contribution in [-0.2, 0) is 4.79 Å². The lowest BCUT2D eigenvalue weighted by atomic mass is 9.91. The normalized spacial score (nSPS) is 23.1. The first-order chi connectivity index (χ1) is 18.5. The number of piperidine rings is 2. The molecule has 208 valence electrons. The van der Waals surface area contributed by atoms with E-state index in [1.54, 1.807) is 14.2 Å². The molecule has 2 saturated heterocycles. The number of pyridine rings is 1. The van der Waals surface area contributed by atoms with Gasteiger partial charge in [-0.15, -0.1) is 0 Å². The van der Waals surface area contributed by atoms with Gasteiger partial charge in [-0.3, -0.25) is 9.78 Å². The van der Waals surface area contributed by atoms with Gasteiger partial charge in [-0.1, -0.05) is 6.07 Å². The Bertz CT molecular complexity index is 1000. The molecule has 1 saturated carbocycles. The van der Waals surface area contributed by atoms with E-state index < -0.39 is 5.67 Å². The largest absolute Gasteiger partial charge is 0.497 e. The van der Waals surface area contributed by atoms with E-state index in [-0.39, 0.29) is 6.47 Å². The molecular weight excluding hydrogens is 487 g/mol. The molecule has 1 aliphatic carbocycles. The van der Waals surface area contributed by atoms with Gasteiger partial charge in [-0.05, 0) is 74.9 Å². The number of methoxy groups -OCH3 is 2. The fraction of sp³-hybridized carbons (Fsp3) is 0.586. The Labute approximate surface area is 224 Å². The molecule has 1 aromatic heterocycles. The number of likely N-dealkylation sites (tertiary alicyclic amines) is 1. The summed E-state index contributed by atoms with van der Waals surface area (Å²) in [5.74, 6) is 2.68. The van der Waals surface area contributed by atoms with Crippen LogP contribution in [0.25, 0.3) is 11.3 Å². The summed E-state index contributed by atoms with van der Waals surface area (Å²) in [7, 11) is 3.30. The second-order valence-corrected chi connectivity index (χ2v) is 10.7. The second kappa shape index (κ2) is 13.4. The van der Waals surface area contributed by atoms with E-state index >= 15 is 4.39 Å². The first-order valence-electron chi connectivity index (χ1n) is 13.6. The minimum absolute atomic E-state index is 0.250. The van der Waals surface area contributed by atoms with Gasteiger partial charge in [0.25, 0.3) is 6.47 Å². The van der Waals surface area contributed by atoms with Gasteiger partial charge in [0.05, 0.1) is 19.9 Å². The lowest BCUT2D eigenvalue weighted by Gasteiger charge is -2.38. The molecule has 5 rings (SSSR count). The SMILES string of the molecule is COc1cc(OC)cc(-c2ccc(C3CC3NCC3(F)CCN(CC4CCNCC4)CC3)cn2)c1.O=CO. The Morgan fingerprint density at radius 1 is 1.16 bits per heavy atom. The summed E-state index contributed by atoms with van der Waals surface area (Å²) in [6.07, 6.45) is 6.80. The third kappa shape index (κ3) is 7.65. The van der Waals surface area contributed by atoms with Crippen LogP contribution >= 0.6 is 0 Å². The Kier molecular flexibility index (Phi) is 9.93. The van der Waals surface area contributed by atoms with Crippen molar-refractivity contribution >= 4 is 6.47 Å². The molecule has 3 fully saturated rings. The molecule has 0 spiro atoms. The number of hydrogen-bond donors (Lipinski definition) is 3. The van der Waals surface area contributed by atoms with E-state index in [0.717, 1.165) is 67.8 Å². The van der Waals surface area contributed by atoms with Crippen LogP contribution in [0, 0.1) is 5.92 Å². The van der Waals surface area contributed by atoms with Crippen molar-refractivity contribution in [3.63, 3.8) is 0 Å². The average molecular weight is 529 g/mol. The molecule has 3 aliphatic rings. The zero-order valence-electron chi connectivity index (χ0n) is 22.5. The number of benzene rings is 1. The first-order valence-corrected chi connectivity index (χ1v) is 13.6. The standard InChI is InChI=1S/C28H39FN4O2.CH2O2/c1-34-23-13-22(14-24(15-23)35-2)26-4-3-21(17-31-26)25-16-27(25)32-19-28(29)7-11-33(12-8-28)18-20-5-9-30-10-6-20;2-1-3/h3-4,13-15,17,20,25,27,30,32H,5-12,16,18-19H2,1-2H3;1H,(H,2,3). The third-order valence-corrected chi connectivity index (χ3v) is 8.06. The molecule has 2 atom stereocenters. The number of rotatable bonds is 9. The molecule has 3 heterocycles. The molecule has 2 aliphatic heterocycles. The number of carbonyl (C=O) groups is 1. The molecule has 2 unspecified atom stereocenters. The van der Waals surface area contributed by atoms with Crippen molar-refractivity contribution in [3.8, 4) is 22.8 Å². The third-order valence-electron chi connectivity index (χ3n) is 8.06. The highest BCUT2D eigenvalue weighted by atomic mass is 19.1. The molecule has 0 amide bonds. The van der Waals surface area contributed by atoms with Crippen LogP contribution in [0.2, 0.25) is 0 Å². The fourth-order valence-corrected chi connectivity index (χ4v) is 5.60. The van der Waals surface area contributed by atoms with Crippen molar-refractivity contribution in [2.75, 3.05) is 53.5 Å². The van der Waals surface area contributed by atoms with E-state index in [1.165, 1.54) is 18.4 Å². The summed E-state index contributed by atoms with van der Waals surface area (Å²) >= 11 is 0. The number of carboxylic acid groups (broad SMARTS) is 1. The van der Waals surface area contributed by atoms with Crippen LogP contribution < -0.4 is 20.1 Å². The second-order valence-electron chi connectivity index (χ2n) is 10.7. The molecule has 38 heavy (non-hydrogen) atoms.